The highest BCUT2D eigenvalue weighted by Crippen LogP contribution is 1.99. The largest absolute Gasteiger partial charge is 0.473 e. The standard InChI is InChI=1S/C13H17N5OS2/c1-18(2)12(20)16-15-11(9-14-17-13(21)19-3)10-7-5-4-6-8-10/h4-9H,1-3H3,(H,16,20)(H,17,21)/b14-9+,15-11-. The molecular weight excluding hydrogens is 306 g/mol. The fraction of sp³-hybridized carbons (Fsp3) is 0.231. The first-order valence-corrected chi connectivity index (χ1v) is 6.83. The van der Waals surface area contributed by atoms with E-state index in [1.807, 2.05) is 44.4 Å². The van der Waals surface area contributed by atoms with Crippen LogP contribution in [0.2, 0.25) is 0 Å². The summed E-state index contributed by atoms with van der Waals surface area (Å²) < 4.78 is 4.79. The van der Waals surface area contributed by atoms with E-state index in [0.717, 1.165) is 5.56 Å². The second kappa shape index (κ2) is 8.98. The normalized spacial score (nSPS) is 11.1. The van der Waals surface area contributed by atoms with Crippen molar-refractivity contribution in [1.82, 2.24) is 15.8 Å². The maximum atomic E-state index is 5.13. The molecule has 0 bridgehead atoms. The van der Waals surface area contributed by atoms with Crippen LogP contribution in [0.5, 0.6) is 0 Å². The van der Waals surface area contributed by atoms with Crippen molar-refractivity contribution >= 4 is 46.6 Å². The second-order valence-corrected chi connectivity index (χ2v) is 4.79. The van der Waals surface area contributed by atoms with E-state index in [1.165, 1.54) is 13.3 Å². The van der Waals surface area contributed by atoms with Gasteiger partial charge in [-0.25, -0.2) is 5.43 Å². The highest BCUT2D eigenvalue weighted by atomic mass is 32.1. The first-order chi connectivity index (χ1) is 10.0. The van der Waals surface area contributed by atoms with Gasteiger partial charge in [0.25, 0.3) is 5.17 Å². The summed E-state index contributed by atoms with van der Waals surface area (Å²) in [5, 5.41) is 8.89. The van der Waals surface area contributed by atoms with Gasteiger partial charge in [-0.3, -0.25) is 5.43 Å². The fourth-order valence-electron chi connectivity index (χ4n) is 1.18. The number of benzene rings is 1. The van der Waals surface area contributed by atoms with Gasteiger partial charge in [-0.15, -0.1) is 0 Å². The molecule has 0 aromatic heterocycles. The number of hydrogen-bond donors (Lipinski definition) is 2. The van der Waals surface area contributed by atoms with Crippen LogP contribution in [-0.2, 0) is 4.74 Å². The van der Waals surface area contributed by atoms with Crippen LogP contribution in [0.1, 0.15) is 5.56 Å². The molecule has 0 aliphatic carbocycles. The molecular formula is C13H17N5OS2. The Labute approximate surface area is 134 Å². The molecule has 6 nitrogen and oxygen atoms in total. The average Bonchev–Trinajstić information content (AvgIpc) is 2.50. The van der Waals surface area contributed by atoms with Crippen LogP contribution in [0.25, 0.3) is 0 Å². The smallest absolute Gasteiger partial charge is 0.277 e. The van der Waals surface area contributed by atoms with Crippen LogP contribution in [-0.4, -0.2) is 48.3 Å². The first-order valence-electron chi connectivity index (χ1n) is 6.02. The molecule has 21 heavy (non-hydrogen) atoms. The number of nitrogens with zero attached hydrogens (tertiary/aromatic N) is 3. The quantitative estimate of drug-likeness (QED) is 0.495. The van der Waals surface area contributed by atoms with Crippen molar-refractivity contribution < 1.29 is 4.74 Å². The minimum Gasteiger partial charge on any atom is -0.473 e. The highest BCUT2D eigenvalue weighted by Gasteiger charge is 2.02. The Morgan fingerprint density at radius 2 is 1.86 bits per heavy atom. The van der Waals surface area contributed by atoms with Gasteiger partial charge in [0.15, 0.2) is 5.11 Å². The number of rotatable bonds is 4. The minimum atomic E-state index is 0.176. The molecule has 0 atom stereocenters. The minimum absolute atomic E-state index is 0.176. The van der Waals surface area contributed by atoms with Gasteiger partial charge in [0.05, 0.1) is 13.3 Å². The lowest BCUT2D eigenvalue weighted by Crippen LogP contribution is -2.32. The van der Waals surface area contributed by atoms with Crippen LogP contribution >= 0.6 is 24.4 Å². The molecule has 0 saturated carbocycles. The molecule has 0 amide bonds. The third kappa shape index (κ3) is 6.28. The molecule has 8 heteroatoms. The number of hydrazone groups is 2. The number of methoxy groups -OCH3 is 1. The number of hydrogen-bond acceptors (Lipinski definition) is 5. The van der Waals surface area contributed by atoms with E-state index in [1.54, 1.807) is 4.90 Å². The van der Waals surface area contributed by atoms with Crippen LogP contribution in [0.4, 0.5) is 0 Å². The predicted octanol–water partition coefficient (Wildman–Crippen LogP) is 1.33. The number of thiocarbonyl (C=S) groups is 2. The van der Waals surface area contributed by atoms with Crippen molar-refractivity contribution in [3.63, 3.8) is 0 Å². The van der Waals surface area contributed by atoms with Crippen LogP contribution in [0, 0.1) is 0 Å². The maximum Gasteiger partial charge on any atom is 0.277 e. The molecule has 1 aromatic carbocycles. The Kier molecular flexibility index (Phi) is 7.27. The summed E-state index contributed by atoms with van der Waals surface area (Å²) in [5.41, 5.74) is 6.86. The molecule has 0 spiro atoms. The van der Waals surface area contributed by atoms with E-state index in [-0.39, 0.29) is 5.17 Å². The molecule has 1 rings (SSSR count). The lowest BCUT2D eigenvalue weighted by molar-refractivity contribution is 0.395. The van der Waals surface area contributed by atoms with Gasteiger partial charge >= 0.3 is 0 Å². The van der Waals surface area contributed by atoms with Crippen LogP contribution in [0.3, 0.4) is 0 Å². The lowest BCUT2D eigenvalue weighted by atomic mass is 10.1. The fourth-order valence-corrected chi connectivity index (χ4v) is 1.28. The molecule has 0 saturated heterocycles. The van der Waals surface area contributed by atoms with Gasteiger partial charge in [-0.1, -0.05) is 30.3 Å². The summed E-state index contributed by atoms with van der Waals surface area (Å²) in [5.74, 6) is 0. The molecule has 0 aliphatic heterocycles. The van der Waals surface area contributed by atoms with Gasteiger partial charge in [0.1, 0.15) is 5.71 Å². The molecule has 0 aliphatic rings. The van der Waals surface area contributed by atoms with E-state index < -0.39 is 0 Å². The maximum absolute atomic E-state index is 5.13. The SMILES string of the molecule is COC(=S)N/N=C/C(=N/NC(=S)N(C)C)c1ccccc1. The monoisotopic (exact) mass is 323 g/mol. The lowest BCUT2D eigenvalue weighted by Gasteiger charge is -2.12. The zero-order valence-corrected chi connectivity index (χ0v) is 13.7. The molecule has 0 heterocycles. The summed E-state index contributed by atoms with van der Waals surface area (Å²) >= 11 is 9.96. The van der Waals surface area contributed by atoms with E-state index in [0.29, 0.717) is 10.8 Å². The Balaban J connectivity index is 2.88. The summed E-state index contributed by atoms with van der Waals surface area (Å²) in [6.45, 7) is 0. The van der Waals surface area contributed by atoms with Gasteiger partial charge < -0.3 is 9.64 Å². The Hall–Kier alpha value is -2.06. The van der Waals surface area contributed by atoms with Crippen molar-refractivity contribution in [3.8, 4) is 0 Å². The second-order valence-electron chi connectivity index (χ2n) is 4.04. The zero-order chi connectivity index (χ0) is 15.7. The summed E-state index contributed by atoms with van der Waals surface area (Å²) in [6.07, 6.45) is 1.53. The molecule has 0 unspecified atom stereocenters. The number of nitrogens with one attached hydrogen (secondary N) is 2. The Bertz CT molecular complexity index is 543. The van der Waals surface area contributed by atoms with Crippen molar-refractivity contribution in [2.45, 2.75) is 0 Å². The Morgan fingerprint density at radius 3 is 2.43 bits per heavy atom. The molecule has 112 valence electrons. The summed E-state index contributed by atoms with van der Waals surface area (Å²) in [7, 11) is 5.13. The summed E-state index contributed by atoms with van der Waals surface area (Å²) in [4.78, 5) is 1.75. The predicted molar refractivity (Wildman–Crippen MR) is 93.6 cm³/mol. The molecule has 0 fully saturated rings. The molecule has 2 N–H and O–H groups in total. The summed E-state index contributed by atoms with van der Waals surface area (Å²) in [6, 6.07) is 9.58. The Morgan fingerprint density at radius 1 is 1.19 bits per heavy atom. The first kappa shape index (κ1) is 17.0. The van der Waals surface area contributed by atoms with Gasteiger partial charge in [-0.2, -0.15) is 10.2 Å². The van der Waals surface area contributed by atoms with E-state index in [9.17, 15) is 0 Å². The van der Waals surface area contributed by atoms with Gasteiger partial charge in [0, 0.05) is 19.7 Å². The van der Waals surface area contributed by atoms with Crippen LogP contribution < -0.4 is 10.9 Å². The number of ether oxygens (including phenoxy) is 1. The zero-order valence-electron chi connectivity index (χ0n) is 12.0. The molecule has 1 aromatic rings. The third-order valence-corrected chi connectivity index (χ3v) is 2.99. The molecule has 0 radical (unpaired) electrons. The average molecular weight is 323 g/mol. The highest BCUT2D eigenvalue weighted by molar-refractivity contribution is 7.80. The third-order valence-electron chi connectivity index (χ3n) is 2.28. The van der Waals surface area contributed by atoms with Crippen molar-refractivity contribution in [2.24, 2.45) is 10.2 Å². The van der Waals surface area contributed by atoms with Crippen LogP contribution in [0.15, 0.2) is 40.5 Å². The van der Waals surface area contributed by atoms with Crippen molar-refractivity contribution in [3.05, 3.63) is 35.9 Å². The topological polar surface area (TPSA) is 61.2 Å². The van der Waals surface area contributed by atoms with Crippen molar-refractivity contribution in [2.75, 3.05) is 21.2 Å². The van der Waals surface area contributed by atoms with Gasteiger partial charge in [0.2, 0.25) is 0 Å². The van der Waals surface area contributed by atoms with Gasteiger partial charge in [-0.05, 0) is 24.4 Å². The van der Waals surface area contributed by atoms with E-state index >= 15 is 0 Å². The van der Waals surface area contributed by atoms with E-state index in [4.69, 9.17) is 29.2 Å². The van der Waals surface area contributed by atoms with E-state index in [2.05, 4.69) is 21.1 Å². The van der Waals surface area contributed by atoms with Crippen molar-refractivity contribution in [1.29, 1.82) is 0 Å².